The average molecular weight is 369 g/mol. The lowest BCUT2D eigenvalue weighted by molar-refractivity contribution is 0.102. The van der Waals surface area contributed by atoms with Crippen molar-refractivity contribution in [3.8, 4) is 17.0 Å². The molecule has 1 N–H and O–H groups in total. The fourth-order valence-electron chi connectivity index (χ4n) is 2.26. The average Bonchev–Trinajstić information content (AvgIpc) is 3.11. The van der Waals surface area contributed by atoms with E-state index in [0.717, 1.165) is 23.4 Å². The minimum atomic E-state index is -0.355. The van der Waals surface area contributed by atoms with Crippen LogP contribution in [-0.2, 0) is 7.05 Å². The molecule has 3 aromatic rings. The van der Waals surface area contributed by atoms with Crippen molar-refractivity contribution in [2.75, 3.05) is 11.9 Å². The number of benzene rings is 1. The van der Waals surface area contributed by atoms with Gasteiger partial charge in [-0.05, 0) is 36.8 Å². The number of nitrogens with one attached hydrogen (secondary N) is 1. The summed E-state index contributed by atoms with van der Waals surface area (Å²) >= 11 is 1.34. The van der Waals surface area contributed by atoms with E-state index >= 15 is 0 Å². The predicted octanol–water partition coefficient (Wildman–Crippen LogP) is 3.55. The van der Waals surface area contributed by atoms with E-state index in [1.165, 1.54) is 22.0 Å². The number of hydrogen-bond donors (Lipinski definition) is 1. The zero-order valence-corrected chi connectivity index (χ0v) is 15.4. The number of carbonyl (C=O) groups is 1. The van der Waals surface area contributed by atoms with E-state index in [4.69, 9.17) is 4.74 Å². The normalized spacial score (nSPS) is 10.5. The number of hydrogen-bond acceptors (Lipinski definition) is 5. The van der Waals surface area contributed by atoms with Crippen LogP contribution < -0.4 is 15.6 Å². The van der Waals surface area contributed by atoms with Crippen molar-refractivity contribution < 1.29 is 9.53 Å². The molecule has 0 bridgehead atoms. The third-order valence-electron chi connectivity index (χ3n) is 3.71. The van der Waals surface area contributed by atoms with Gasteiger partial charge in [-0.1, -0.05) is 6.92 Å². The molecule has 0 saturated carbocycles. The Hall–Kier alpha value is -2.93. The van der Waals surface area contributed by atoms with Gasteiger partial charge in [0.05, 0.1) is 12.3 Å². The molecule has 0 spiro atoms. The first kappa shape index (κ1) is 17.9. The molecule has 134 valence electrons. The van der Waals surface area contributed by atoms with E-state index in [9.17, 15) is 9.59 Å². The van der Waals surface area contributed by atoms with E-state index in [1.54, 1.807) is 19.3 Å². The summed E-state index contributed by atoms with van der Waals surface area (Å²) < 4.78 is 6.98. The number of carbonyl (C=O) groups excluding carboxylic acids is 1. The van der Waals surface area contributed by atoms with E-state index in [0.29, 0.717) is 17.3 Å². The van der Waals surface area contributed by atoms with Crippen LogP contribution in [0.3, 0.4) is 0 Å². The van der Waals surface area contributed by atoms with Gasteiger partial charge in [0.2, 0.25) is 0 Å². The van der Waals surface area contributed by atoms with Crippen LogP contribution >= 0.6 is 11.3 Å². The Kier molecular flexibility index (Phi) is 5.48. The lowest BCUT2D eigenvalue weighted by Gasteiger charge is -2.05. The van der Waals surface area contributed by atoms with Gasteiger partial charge >= 0.3 is 0 Å². The molecular formula is C19H19N3O3S. The molecule has 0 radical (unpaired) electrons. The minimum Gasteiger partial charge on any atom is -0.494 e. The number of nitrogens with zero attached hydrogens (tertiary/aromatic N) is 2. The van der Waals surface area contributed by atoms with Gasteiger partial charge in [0.25, 0.3) is 11.5 Å². The Balaban J connectivity index is 1.70. The van der Waals surface area contributed by atoms with Crippen molar-refractivity contribution in [1.29, 1.82) is 0 Å². The molecule has 2 heterocycles. The minimum absolute atomic E-state index is 0.233. The summed E-state index contributed by atoms with van der Waals surface area (Å²) in [6.07, 6.45) is 2.52. The third-order valence-corrected chi connectivity index (χ3v) is 4.47. The van der Waals surface area contributed by atoms with Gasteiger partial charge in [0, 0.05) is 35.8 Å². The van der Waals surface area contributed by atoms with Crippen molar-refractivity contribution in [2.45, 2.75) is 13.3 Å². The van der Waals surface area contributed by atoms with Crippen molar-refractivity contribution in [1.82, 2.24) is 9.55 Å². The van der Waals surface area contributed by atoms with E-state index in [1.807, 2.05) is 29.6 Å². The molecule has 7 heteroatoms. The maximum absolute atomic E-state index is 12.3. The first-order valence-corrected chi connectivity index (χ1v) is 9.11. The van der Waals surface area contributed by atoms with Crippen molar-refractivity contribution in [3.05, 3.63) is 63.9 Å². The first-order valence-electron chi connectivity index (χ1n) is 8.23. The monoisotopic (exact) mass is 369 g/mol. The molecule has 0 aliphatic heterocycles. The molecular weight excluding hydrogens is 350 g/mol. The van der Waals surface area contributed by atoms with Gasteiger partial charge in [0.1, 0.15) is 5.75 Å². The second kappa shape index (κ2) is 7.97. The van der Waals surface area contributed by atoms with Gasteiger partial charge in [-0.2, -0.15) is 0 Å². The fourth-order valence-corrected chi connectivity index (χ4v) is 2.98. The SMILES string of the molecule is CCCOc1ccc(-c2csc(NC(=O)c3ccn(C)c(=O)c3)n2)cc1. The molecule has 0 atom stereocenters. The Labute approximate surface area is 155 Å². The number of aryl methyl sites for hydroxylation is 1. The van der Waals surface area contributed by atoms with E-state index in [-0.39, 0.29) is 11.5 Å². The van der Waals surface area contributed by atoms with Crippen LogP contribution in [-0.4, -0.2) is 22.1 Å². The standard InChI is InChI=1S/C19H19N3O3S/c1-3-10-25-15-6-4-13(5-7-15)16-12-26-19(20-16)21-18(24)14-8-9-22(2)17(23)11-14/h4-9,11-12H,3,10H2,1-2H3,(H,20,21,24). The van der Waals surface area contributed by atoms with Crippen LogP contribution in [0.25, 0.3) is 11.3 Å². The van der Waals surface area contributed by atoms with Crippen LogP contribution in [0.2, 0.25) is 0 Å². The van der Waals surface area contributed by atoms with Gasteiger partial charge in [-0.15, -0.1) is 11.3 Å². The van der Waals surface area contributed by atoms with Crippen LogP contribution in [0.5, 0.6) is 5.75 Å². The van der Waals surface area contributed by atoms with E-state index < -0.39 is 0 Å². The highest BCUT2D eigenvalue weighted by atomic mass is 32.1. The number of pyridine rings is 1. The Morgan fingerprint density at radius 3 is 2.73 bits per heavy atom. The molecule has 6 nitrogen and oxygen atoms in total. The Morgan fingerprint density at radius 2 is 2.04 bits per heavy atom. The van der Waals surface area contributed by atoms with Gasteiger partial charge in [-0.3, -0.25) is 14.9 Å². The van der Waals surface area contributed by atoms with Crippen LogP contribution in [0.4, 0.5) is 5.13 Å². The molecule has 2 aromatic heterocycles. The van der Waals surface area contributed by atoms with Crippen LogP contribution in [0, 0.1) is 0 Å². The molecule has 1 aromatic carbocycles. The molecule has 0 unspecified atom stereocenters. The second-order valence-corrected chi connectivity index (χ2v) is 6.59. The van der Waals surface area contributed by atoms with Gasteiger partial charge < -0.3 is 9.30 Å². The Bertz CT molecular complexity index is 961. The summed E-state index contributed by atoms with van der Waals surface area (Å²) in [6.45, 7) is 2.75. The molecule has 3 rings (SSSR count). The molecule has 0 fully saturated rings. The molecule has 26 heavy (non-hydrogen) atoms. The van der Waals surface area contributed by atoms with Crippen LogP contribution in [0.15, 0.2) is 52.8 Å². The zero-order valence-electron chi connectivity index (χ0n) is 14.6. The Morgan fingerprint density at radius 1 is 1.27 bits per heavy atom. The number of aromatic nitrogens is 2. The smallest absolute Gasteiger partial charge is 0.257 e. The summed E-state index contributed by atoms with van der Waals surface area (Å²) in [7, 11) is 1.63. The summed E-state index contributed by atoms with van der Waals surface area (Å²) in [5, 5.41) is 5.09. The number of amides is 1. The molecule has 1 amide bonds. The second-order valence-electron chi connectivity index (χ2n) is 5.73. The number of ether oxygens (including phenoxy) is 1. The van der Waals surface area contributed by atoms with Gasteiger partial charge in [0.15, 0.2) is 5.13 Å². The summed E-state index contributed by atoms with van der Waals surface area (Å²) in [4.78, 5) is 28.3. The van der Waals surface area contributed by atoms with Crippen molar-refractivity contribution >= 4 is 22.4 Å². The molecule has 0 saturated heterocycles. The number of anilines is 1. The van der Waals surface area contributed by atoms with Crippen molar-refractivity contribution in [3.63, 3.8) is 0 Å². The quantitative estimate of drug-likeness (QED) is 0.721. The highest BCUT2D eigenvalue weighted by molar-refractivity contribution is 7.14. The molecule has 0 aliphatic rings. The lowest BCUT2D eigenvalue weighted by atomic mass is 10.2. The van der Waals surface area contributed by atoms with Gasteiger partial charge in [-0.25, -0.2) is 4.98 Å². The summed E-state index contributed by atoms with van der Waals surface area (Å²) in [5.41, 5.74) is 1.79. The third kappa shape index (κ3) is 4.18. The summed E-state index contributed by atoms with van der Waals surface area (Å²) in [5.74, 6) is 0.469. The number of thiazole rings is 1. The first-order chi connectivity index (χ1) is 12.6. The van der Waals surface area contributed by atoms with Crippen molar-refractivity contribution in [2.24, 2.45) is 7.05 Å². The highest BCUT2D eigenvalue weighted by Gasteiger charge is 2.11. The lowest BCUT2D eigenvalue weighted by Crippen LogP contribution is -2.19. The predicted molar refractivity (Wildman–Crippen MR) is 103 cm³/mol. The molecule has 0 aliphatic carbocycles. The maximum atomic E-state index is 12.3. The topological polar surface area (TPSA) is 73.2 Å². The summed E-state index contributed by atoms with van der Waals surface area (Å²) in [6, 6.07) is 10.6. The number of rotatable bonds is 6. The van der Waals surface area contributed by atoms with Crippen LogP contribution in [0.1, 0.15) is 23.7 Å². The maximum Gasteiger partial charge on any atom is 0.257 e. The highest BCUT2D eigenvalue weighted by Crippen LogP contribution is 2.26. The largest absolute Gasteiger partial charge is 0.494 e. The van der Waals surface area contributed by atoms with E-state index in [2.05, 4.69) is 17.2 Å². The fraction of sp³-hybridized carbons (Fsp3) is 0.211. The zero-order chi connectivity index (χ0) is 18.5.